The van der Waals surface area contributed by atoms with Crippen molar-refractivity contribution in [3.05, 3.63) is 64.4 Å². The molecule has 2 aromatic rings. The van der Waals surface area contributed by atoms with E-state index in [1.807, 2.05) is 31.2 Å². The first kappa shape index (κ1) is 17.1. The van der Waals surface area contributed by atoms with E-state index in [9.17, 15) is 9.18 Å². The summed E-state index contributed by atoms with van der Waals surface area (Å²) in [5.41, 5.74) is 3.60. The van der Waals surface area contributed by atoms with E-state index >= 15 is 0 Å². The van der Waals surface area contributed by atoms with Crippen LogP contribution in [0.5, 0.6) is 0 Å². The number of hydrogen-bond donors (Lipinski definition) is 2. The summed E-state index contributed by atoms with van der Waals surface area (Å²) in [4.78, 5) is 12.1. The second kappa shape index (κ2) is 8.43. The zero-order valence-corrected chi connectivity index (χ0v) is 14.2. The number of rotatable bonds is 6. The molecule has 0 heterocycles. The Hall–Kier alpha value is -2.21. The van der Waals surface area contributed by atoms with Gasteiger partial charge in [0.15, 0.2) is 0 Å². The van der Waals surface area contributed by atoms with Gasteiger partial charge in [-0.15, -0.1) is 0 Å². The molecule has 0 saturated carbocycles. The monoisotopic (exact) mass is 377 g/mol. The van der Waals surface area contributed by atoms with Crippen molar-refractivity contribution < 1.29 is 9.18 Å². The van der Waals surface area contributed by atoms with Crippen LogP contribution in [0.1, 0.15) is 18.9 Å². The molecule has 0 aliphatic rings. The molecule has 1 amide bonds. The van der Waals surface area contributed by atoms with Gasteiger partial charge in [0.1, 0.15) is 11.9 Å². The minimum atomic E-state index is -0.422. The molecule has 0 saturated heterocycles. The Morgan fingerprint density at radius 3 is 2.61 bits per heavy atom. The second-order valence-electron chi connectivity index (χ2n) is 4.87. The number of halogens is 2. The van der Waals surface area contributed by atoms with Crippen molar-refractivity contribution in [3.8, 4) is 0 Å². The first-order valence-corrected chi connectivity index (χ1v) is 7.99. The van der Waals surface area contributed by atoms with E-state index < -0.39 is 6.04 Å². The summed E-state index contributed by atoms with van der Waals surface area (Å²) >= 11 is 3.36. The lowest BCUT2D eigenvalue weighted by molar-refractivity contribution is -0.121. The molecule has 0 aliphatic carbocycles. The van der Waals surface area contributed by atoms with Gasteiger partial charge in [-0.3, -0.25) is 4.79 Å². The zero-order valence-electron chi connectivity index (χ0n) is 12.6. The molecular weight excluding hydrogens is 361 g/mol. The summed E-state index contributed by atoms with van der Waals surface area (Å²) in [7, 11) is 0. The van der Waals surface area contributed by atoms with Crippen LogP contribution in [0.3, 0.4) is 0 Å². The molecule has 23 heavy (non-hydrogen) atoms. The molecule has 1 atom stereocenters. The van der Waals surface area contributed by atoms with Crippen LogP contribution in [0.4, 0.5) is 10.1 Å². The number of hydrazone groups is 1. The van der Waals surface area contributed by atoms with Crippen LogP contribution in [0.15, 0.2) is 58.1 Å². The van der Waals surface area contributed by atoms with Gasteiger partial charge in [0.05, 0.1) is 6.21 Å². The van der Waals surface area contributed by atoms with Gasteiger partial charge >= 0.3 is 0 Å². The molecule has 4 nitrogen and oxygen atoms in total. The van der Waals surface area contributed by atoms with Crippen molar-refractivity contribution in [2.75, 3.05) is 5.32 Å². The largest absolute Gasteiger partial charge is 0.374 e. The first-order valence-electron chi connectivity index (χ1n) is 7.19. The summed E-state index contributed by atoms with van der Waals surface area (Å²) in [5.74, 6) is -0.659. The number of nitrogens with zero attached hydrogens (tertiary/aromatic N) is 1. The number of benzene rings is 2. The summed E-state index contributed by atoms with van der Waals surface area (Å²) in [5, 5.41) is 6.95. The number of anilines is 1. The molecule has 0 bridgehead atoms. The Morgan fingerprint density at radius 2 is 1.96 bits per heavy atom. The molecule has 2 rings (SSSR count). The van der Waals surface area contributed by atoms with E-state index in [-0.39, 0.29) is 11.7 Å². The minimum Gasteiger partial charge on any atom is -0.374 e. The summed E-state index contributed by atoms with van der Waals surface area (Å²) in [6.07, 6.45) is 1.89. The number of carbonyl (C=O) groups excluding carboxylic acids is 1. The highest BCUT2D eigenvalue weighted by atomic mass is 79.9. The Morgan fingerprint density at radius 1 is 1.26 bits per heavy atom. The van der Waals surface area contributed by atoms with E-state index in [0.717, 1.165) is 10.2 Å². The quantitative estimate of drug-likeness (QED) is 0.591. The lowest BCUT2D eigenvalue weighted by atomic mass is 10.2. The van der Waals surface area contributed by atoms with Gasteiger partial charge in [0.25, 0.3) is 5.91 Å². The fourth-order valence-corrected chi connectivity index (χ4v) is 2.19. The third-order valence-corrected chi connectivity index (χ3v) is 3.72. The molecular formula is C17H17BrFN3O. The fourth-order valence-electron chi connectivity index (χ4n) is 1.92. The average molecular weight is 378 g/mol. The van der Waals surface area contributed by atoms with Gasteiger partial charge in [-0.05, 0) is 36.8 Å². The van der Waals surface area contributed by atoms with Gasteiger partial charge in [0, 0.05) is 15.7 Å². The molecule has 1 unspecified atom stereocenters. The van der Waals surface area contributed by atoms with Crippen LogP contribution in [0.25, 0.3) is 0 Å². The third kappa shape index (κ3) is 5.17. The van der Waals surface area contributed by atoms with Crippen LogP contribution in [0.2, 0.25) is 0 Å². The Labute approximate surface area is 142 Å². The predicted octanol–water partition coefficient (Wildman–Crippen LogP) is 3.93. The van der Waals surface area contributed by atoms with E-state index in [0.29, 0.717) is 12.0 Å². The van der Waals surface area contributed by atoms with Crippen LogP contribution in [-0.2, 0) is 4.79 Å². The maximum Gasteiger partial charge on any atom is 0.262 e. The number of amides is 1. The van der Waals surface area contributed by atoms with Crippen molar-refractivity contribution in [3.63, 3.8) is 0 Å². The smallest absolute Gasteiger partial charge is 0.262 e. The Balaban J connectivity index is 1.95. The van der Waals surface area contributed by atoms with Crippen LogP contribution >= 0.6 is 15.9 Å². The average Bonchev–Trinajstić information content (AvgIpc) is 2.56. The van der Waals surface area contributed by atoms with E-state index in [1.54, 1.807) is 18.2 Å². The Kier molecular flexibility index (Phi) is 6.29. The fraction of sp³-hybridized carbons (Fsp3) is 0.176. The van der Waals surface area contributed by atoms with Crippen LogP contribution in [-0.4, -0.2) is 18.2 Å². The number of nitrogens with one attached hydrogen (secondary N) is 2. The number of carbonyl (C=O) groups is 1. The van der Waals surface area contributed by atoms with Gasteiger partial charge in [-0.2, -0.15) is 5.10 Å². The molecule has 0 spiro atoms. The van der Waals surface area contributed by atoms with E-state index in [4.69, 9.17) is 0 Å². The maximum absolute atomic E-state index is 13.4. The zero-order chi connectivity index (χ0) is 16.7. The van der Waals surface area contributed by atoms with Crippen molar-refractivity contribution in [2.24, 2.45) is 5.10 Å². The molecule has 2 N–H and O–H groups in total. The van der Waals surface area contributed by atoms with E-state index in [1.165, 1.54) is 12.3 Å². The third-order valence-electron chi connectivity index (χ3n) is 3.19. The number of hydrogen-bond acceptors (Lipinski definition) is 3. The summed E-state index contributed by atoms with van der Waals surface area (Å²) in [6.45, 7) is 1.90. The van der Waals surface area contributed by atoms with Crippen molar-refractivity contribution >= 4 is 33.7 Å². The second-order valence-corrected chi connectivity index (χ2v) is 5.78. The topological polar surface area (TPSA) is 53.5 Å². The maximum atomic E-state index is 13.4. The van der Waals surface area contributed by atoms with Gasteiger partial charge in [-0.25, -0.2) is 9.82 Å². The normalized spacial score (nSPS) is 12.1. The summed E-state index contributed by atoms with van der Waals surface area (Å²) < 4.78 is 14.4. The highest BCUT2D eigenvalue weighted by Crippen LogP contribution is 2.15. The lowest BCUT2D eigenvalue weighted by Crippen LogP contribution is -2.36. The standard InChI is InChI=1S/C17H17BrFN3O/c1-2-16(21-14-9-7-13(18)8-10-14)17(23)22-20-11-12-5-3-4-6-15(12)19/h3-11,16,21H,2H2,1H3,(H,22,23). The van der Waals surface area contributed by atoms with Gasteiger partial charge < -0.3 is 5.32 Å². The highest BCUT2D eigenvalue weighted by Gasteiger charge is 2.15. The van der Waals surface area contributed by atoms with Crippen LogP contribution in [0, 0.1) is 5.82 Å². The van der Waals surface area contributed by atoms with Crippen LogP contribution < -0.4 is 10.7 Å². The van der Waals surface area contributed by atoms with Gasteiger partial charge in [0.2, 0.25) is 0 Å². The molecule has 0 radical (unpaired) electrons. The molecule has 0 aromatic heterocycles. The van der Waals surface area contributed by atoms with Crippen molar-refractivity contribution in [1.82, 2.24) is 5.43 Å². The molecule has 6 heteroatoms. The lowest BCUT2D eigenvalue weighted by Gasteiger charge is -2.16. The Bertz CT molecular complexity index is 688. The minimum absolute atomic E-state index is 0.275. The summed E-state index contributed by atoms with van der Waals surface area (Å²) in [6, 6.07) is 13.3. The van der Waals surface area contributed by atoms with E-state index in [2.05, 4.69) is 31.8 Å². The molecule has 2 aromatic carbocycles. The van der Waals surface area contributed by atoms with Crippen molar-refractivity contribution in [2.45, 2.75) is 19.4 Å². The highest BCUT2D eigenvalue weighted by molar-refractivity contribution is 9.10. The molecule has 0 fully saturated rings. The first-order chi connectivity index (χ1) is 11.1. The van der Waals surface area contributed by atoms with Crippen molar-refractivity contribution in [1.29, 1.82) is 0 Å². The molecule has 120 valence electrons. The SMILES string of the molecule is CCC(Nc1ccc(Br)cc1)C(=O)NN=Cc1ccccc1F. The molecule has 0 aliphatic heterocycles. The predicted molar refractivity (Wildman–Crippen MR) is 94.0 cm³/mol. The van der Waals surface area contributed by atoms with Gasteiger partial charge in [-0.1, -0.05) is 41.1 Å².